The second-order valence-electron chi connectivity index (χ2n) is 9.60. The van der Waals surface area contributed by atoms with Crippen LogP contribution in [0.1, 0.15) is 39.6 Å². The number of halogens is 1. The summed E-state index contributed by atoms with van der Waals surface area (Å²) in [6, 6.07) is 2.45. The Kier molecular flexibility index (Phi) is 8.73. The fraction of sp³-hybridized carbons (Fsp3) is 0.500. The van der Waals surface area contributed by atoms with Gasteiger partial charge in [0.05, 0.1) is 16.8 Å². The molecule has 0 saturated heterocycles. The average Bonchev–Trinajstić information content (AvgIpc) is 3.29. The highest BCUT2D eigenvalue weighted by atomic mass is 35.5. The molecule has 1 aliphatic heterocycles. The van der Waals surface area contributed by atoms with Crippen LogP contribution in [0, 0.1) is 5.92 Å². The smallest absolute Gasteiger partial charge is 0.284 e. The summed E-state index contributed by atoms with van der Waals surface area (Å²) in [6.07, 6.45) is 3.90. The molecule has 2 aliphatic rings. The molecule has 3 atom stereocenters. The molecule has 1 aliphatic carbocycles. The number of hydrogen-bond acceptors (Lipinski definition) is 8. The van der Waals surface area contributed by atoms with E-state index in [0.29, 0.717) is 35.1 Å². The minimum atomic E-state index is -0.516. The lowest BCUT2D eigenvalue weighted by Gasteiger charge is -2.37. The van der Waals surface area contributed by atoms with Crippen molar-refractivity contribution in [1.82, 2.24) is 30.4 Å². The molecule has 3 amide bonds. The number of thiocarbonyl (C=S) groups is 1. The number of carbonyl (C=O) groups excluding carboxylic acids is 3. The van der Waals surface area contributed by atoms with Crippen molar-refractivity contribution in [1.29, 1.82) is 0 Å². The summed E-state index contributed by atoms with van der Waals surface area (Å²) in [6.45, 7) is 1.65. The van der Waals surface area contributed by atoms with Crippen molar-refractivity contribution < 1.29 is 14.4 Å². The van der Waals surface area contributed by atoms with Gasteiger partial charge in [-0.25, -0.2) is 9.97 Å². The Morgan fingerprint density at radius 3 is 2.68 bits per heavy atom. The van der Waals surface area contributed by atoms with E-state index in [0.717, 1.165) is 30.1 Å². The Hall–Kier alpha value is -2.67. The summed E-state index contributed by atoms with van der Waals surface area (Å²) in [7, 11) is 5.48. The topological polar surface area (TPSA) is 120 Å². The first kappa shape index (κ1) is 27.4. The summed E-state index contributed by atoms with van der Waals surface area (Å²) in [5.41, 5.74) is 0.941. The number of aromatic nitrogens is 2. The second kappa shape index (κ2) is 11.8. The molecular formula is C24H30ClN7O3S2. The molecule has 13 heteroatoms. The Balaban J connectivity index is 1.45. The fourth-order valence-corrected chi connectivity index (χ4v) is 5.88. The SMILES string of the molecule is CN1CCc2sc(C(=O)N[C@@H]3C[C@@H](C(=O)N(C)C)CC[C@@H]3NC(=S)C(=O)Nc3ccc(Cl)cn3)nc2C1. The van der Waals surface area contributed by atoms with Gasteiger partial charge in [0.15, 0.2) is 10.00 Å². The Morgan fingerprint density at radius 1 is 1.19 bits per heavy atom. The van der Waals surface area contributed by atoms with E-state index in [1.807, 2.05) is 7.05 Å². The van der Waals surface area contributed by atoms with Gasteiger partial charge in [-0.05, 0) is 44.9 Å². The second-order valence-corrected chi connectivity index (χ2v) is 11.5. The van der Waals surface area contributed by atoms with E-state index in [1.165, 1.54) is 17.5 Å². The molecule has 0 unspecified atom stereocenters. The molecule has 2 aromatic heterocycles. The third-order valence-electron chi connectivity index (χ3n) is 6.56. The van der Waals surface area contributed by atoms with E-state index in [4.69, 9.17) is 23.8 Å². The molecule has 37 heavy (non-hydrogen) atoms. The number of likely N-dealkylation sites (N-methyl/N-ethyl adjacent to an activating group) is 1. The molecule has 0 radical (unpaired) electrons. The minimum Gasteiger partial charge on any atom is -0.367 e. The van der Waals surface area contributed by atoms with Crippen molar-refractivity contribution in [2.75, 3.05) is 33.0 Å². The number of pyridine rings is 1. The van der Waals surface area contributed by atoms with Crippen molar-refractivity contribution in [3.05, 3.63) is 38.9 Å². The highest BCUT2D eigenvalue weighted by molar-refractivity contribution is 7.82. The predicted octanol–water partition coefficient (Wildman–Crippen LogP) is 2.09. The van der Waals surface area contributed by atoms with E-state index < -0.39 is 11.9 Å². The van der Waals surface area contributed by atoms with Crippen LogP contribution in [-0.2, 0) is 22.6 Å². The number of hydrogen-bond donors (Lipinski definition) is 3. The molecular weight excluding hydrogens is 534 g/mol. The molecule has 4 rings (SSSR count). The Bertz CT molecular complexity index is 1190. The van der Waals surface area contributed by atoms with Crippen LogP contribution in [0.25, 0.3) is 0 Å². The van der Waals surface area contributed by atoms with Crippen molar-refractivity contribution in [2.45, 2.75) is 44.3 Å². The first-order chi connectivity index (χ1) is 17.6. The number of amides is 3. The number of nitrogens with zero attached hydrogens (tertiary/aromatic N) is 4. The molecule has 1 fully saturated rings. The molecule has 198 valence electrons. The van der Waals surface area contributed by atoms with Gasteiger partial charge >= 0.3 is 0 Å². The maximum atomic E-state index is 13.2. The Morgan fingerprint density at radius 2 is 1.97 bits per heavy atom. The van der Waals surface area contributed by atoms with E-state index in [2.05, 4.69) is 30.8 Å². The van der Waals surface area contributed by atoms with E-state index >= 15 is 0 Å². The zero-order valence-corrected chi connectivity index (χ0v) is 23.3. The lowest BCUT2D eigenvalue weighted by atomic mass is 9.81. The van der Waals surface area contributed by atoms with Crippen LogP contribution in [0.3, 0.4) is 0 Å². The maximum absolute atomic E-state index is 13.2. The average molecular weight is 564 g/mol. The molecule has 3 heterocycles. The quantitative estimate of drug-likeness (QED) is 0.473. The number of fused-ring (bicyclic) bond motifs is 1. The van der Waals surface area contributed by atoms with Crippen LogP contribution < -0.4 is 16.0 Å². The molecule has 10 nitrogen and oxygen atoms in total. The van der Waals surface area contributed by atoms with Gasteiger partial charge in [-0.3, -0.25) is 14.4 Å². The standard InChI is InChI=1S/C24H30ClN7O3S2/c1-31(2)24(35)13-4-6-15(28-22(36)20(33)30-19-7-5-14(25)11-26-19)16(10-13)27-21(34)23-29-17-12-32(3)9-8-18(17)37-23/h5,7,11,13,15-16H,4,6,8-10,12H2,1-3H3,(H,27,34)(H,28,36)(H,26,30,33)/t13-,15-,16+/m0/s1. The van der Waals surface area contributed by atoms with Crippen LogP contribution in [0.4, 0.5) is 5.82 Å². The van der Waals surface area contributed by atoms with Gasteiger partial charge < -0.3 is 25.8 Å². The van der Waals surface area contributed by atoms with Crippen LogP contribution in [0.15, 0.2) is 18.3 Å². The van der Waals surface area contributed by atoms with Gasteiger partial charge in [-0.1, -0.05) is 23.8 Å². The number of nitrogens with one attached hydrogen (secondary N) is 3. The van der Waals surface area contributed by atoms with Gasteiger partial charge in [0.25, 0.3) is 11.8 Å². The molecule has 3 N–H and O–H groups in total. The van der Waals surface area contributed by atoms with Crippen LogP contribution >= 0.6 is 35.2 Å². The van der Waals surface area contributed by atoms with Crippen LogP contribution in [-0.4, -0.2) is 82.2 Å². The van der Waals surface area contributed by atoms with Crippen molar-refractivity contribution >= 4 is 63.7 Å². The highest BCUT2D eigenvalue weighted by Crippen LogP contribution is 2.28. The van der Waals surface area contributed by atoms with Gasteiger partial charge in [0.1, 0.15) is 5.82 Å². The largest absolute Gasteiger partial charge is 0.367 e. The molecule has 1 saturated carbocycles. The van der Waals surface area contributed by atoms with Gasteiger partial charge in [0, 0.05) is 50.2 Å². The first-order valence-electron chi connectivity index (χ1n) is 12.0. The number of anilines is 1. The van der Waals surface area contributed by atoms with E-state index in [-0.39, 0.29) is 28.8 Å². The van der Waals surface area contributed by atoms with Gasteiger partial charge in [0.2, 0.25) is 5.91 Å². The summed E-state index contributed by atoms with van der Waals surface area (Å²) in [4.78, 5) is 52.1. The molecule has 0 spiro atoms. The lowest BCUT2D eigenvalue weighted by Crippen LogP contribution is -2.56. The van der Waals surface area contributed by atoms with Crippen molar-refractivity contribution in [2.24, 2.45) is 5.92 Å². The zero-order valence-electron chi connectivity index (χ0n) is 20.9. The predicted molar refractivity (Wildman–Crippen MR) is 147 cm³/mol. The maximum Gasteiger partial charge on any atom is 0.284 e. The summed E-state index contributed by atoms with van der Waals surface area (Å²) >= 11 is 12.6. The van der Waals surface area contributed by atoms with Gasteiger partial charge in [-0.15, -0.1) is 11.3 Å². The monoisotopic (exact) mass is 563 g/mol. The third-order valence-corrected chi connectivity index (χ3v) is 8.24. The number of rotatable bonds is 5. The fourth-order valence-electron chi connectivity index (χ4n) is 4.61. The first-order valence-corrected chi connectivity index (χ1v) is 13.6. The van der Waals surface area contributed by atoms with Gasteiger partial charge in [-0.2, -0.15) is 0 Å². The Labute approximate surface area is 230 Å². The molecule has 0 bridgehead atoms. The summed E-state index contributed by atoms with van der Waals surface area (Å²) < 4.78 is 0. The lowest BCUT2D eigenvalue weighted by molar-refractivity contribution is -0.134. The third kappa shape index (κ3) is 6.81. The molecule has 0 aromatic carbocycles. The number of thiazole rings is 1. The molecule has 2 aromatic rings. The van der Waals surface area contributed by atoms with E-state index in [9.17, 15) is 14.4 Å². The van der Waals surface area contributed by atoms with Crippen LogP contribution in [0.2, 0.25) is 5.02 Å². The van der Waals surface area contributed by atoms with Crippen molar-refractivity contribution in [3.63, 3.8) is 0 Å². The normalized spacial score (nSPS) is 21.5. The summed E-state index contributed by atoms with van der Waals surface area (Å²) in [5.74, 6) is -0.700. The number of carbonyl (C=O) groups is 3. The van der Waals surface area contributed by atoms with E-state index in [1.54, 1.807) is 31.1 Å². The highest BCUT2D eigenvalue weighted by Gasteiger charge is 2.37. The minimum absolute atomic E-state index is 0.0135. The zero-order chi connectivity index (χ0) is 26.7. The van der Waals surface area contributed by atoms with Crippen molar-refractivity contribution in [3.8, 4) is 0 Å². The summed E-state index contributed by atoms with van der Waals surface area (Å²) in [5, 5.41) is 9.68. The van der Waals surface area contributed by atoms with Crippen LogP contribution in [0.5, 0.6) is 0 Å².